The average molecular weight is 192 g/mol. The Labute approximate surface area is 84.8 Å². The first kappa shape index (κ1) is 9.38. The molecule has 2 heteroatoms. The maximum atomic E-state index is 5.72. The van der Waals surface area contributed by atoms with E-state index in [0.29, 0.717) is 6.10 Å². The summed E-state index contributed by atoms with van der Waals surface area (Å²) in [5.41, 5.74) is 1.28. The van der Waals surface area contributed by atoms with E-state index >= 15 is 0 Å². The number of hydrogen-bond donors (Lipinski definition) is 0. The minimum absolute atomic E-state index is 0.427. The van der Waals surface area contributed by atoms with Crippen molar-refractivity contribution in [3.05, 3.63) is 23.8 Å². The van der Waals surface area contributed by atoms with Gasteiger partial charge in [0.1, 0.15) is 0 Å². The summed E-state index contributed by atoms with van der Waals surface area (Å²) >= 11 is 0. The summed E-state index contributed by atoms with van der Waals surface area (Å²) in [6.07, 6.45) is 3.81. The second-order valence-electron chi connectivity index (χ2n) is 3.66. The summed E-state index contributed by atoms with van der Waals surface area (Å²) < 4.78 is 11.0. The molecule has 0 radical (unpaired) electrons. The van der Waals surface area contributed by atoms with Gasteiger partial charge in [0.25, 0.3) is 0 Å². The first-order valence-corrected chi connectivity index (χ1v) is 5.17. The summed E-state index contributed by atoms with van der Waals surface area (Å²) in [5.74, 6) is 1.74. The molecule has 1 saturated carbocycles. The number of aryl methyl sites for hydroxylation is 1. The SMILES string of the molecule is CCc1ccc(OC2CC2)c(OC)c1. The van der Waals surface area contributed by atoms with Gasteiger partial charge in [-0.3, -0.25) is 0 Å². The van der Waals surface area contributed by atoms with Crippen molar-refractivity contribution in [2.45, 2.75) is 32.3 Å². The third-order valence-electron chi connectivity index (χ3n) is 2.45. The summed E-state index contributed by atoms with van der Waals surface area (Å²) in [6.45, 7) is 2.14. The number of hydrogen-bond acceptors (Lipinski definition) is 2. The van der Waals surface area contributed by atoms with Crippen molar-refractivity contribution in [2.24, 2.45) is 0 Å². The fourth-order valence-electron chi connectivity index (χ4n) is 1.39. The van der Waals surface area contributed by atoms with Crippen LogP contribution in [0.3, 0.4) is 0 Å². The van der Waals surface area contributed by atoms with Crippen LogP contribution in [0.4, 0.5) is 0 Å². The molecule has 0 amide bonds. The van der Waals surface area contributed by atoms with Crippen molar-refractivity contribution in [3.63, 3.8) is 0 Å². The Hall–Kier alpha value is -1.18. The highest BCUT2D eigenvalue weighted by molar-refractivity contribution is 5.43. The molecular weight excluding hydrogens is 176 g/mol. The van der Waals surface area contributed by atoms with Gasteiger partial charge in [-0.15, -0.1) is 0 Å². The maximum Gasteiger partial charge on any atom is 0.161 e. The van der Waals surface area contributed by atoms with Gasteiger partial charge < -0.3 is 9.47 Å². The zero-order valence-electron chi connectivity index (χ0n) is 8.75. The Kier molecular flexibility index (Phi) is 2.62. The minimum Gasteiger partial charge on any atom is -0.493 e. The molecular formula is C12H16O2. The lowest BCUT2D eigenvalue weighted by atomic mass is 10.1. The third-order valence-corrected chi connectivity index (χ3v) is 2.45. The van der Waals surface area contributed by atoms with Gasteiger partial charge in [-0.1, -0.05) is 13.0 Å². The number of methoxy groups -OCH3 is 1. The van der Waals surface area contributed by atoms with Crippen LogP contribution in [0.25, 0.3) is 0 Å². The molecule has 2 nitrogen and oxygen atoms in total. The topological polar surface area (TPSA) is 18.5 Å². The molecule has 14 heavy (non-hydrogen) atoms. The summed E-state index contributed by atoms with van der Waals surface area (Å²) in [6, 6.07) is 6.16. The van der Waals surface area contributed by atoms with Crippen LogP contribution in [0.2, 0.25) is 0 Å². The Morgan fingerprint density at radius 1 is 1.29 bits per heavy atom. The highest BCUT2D eigenvalue weighted by atomic mass is 16.5. The molecule has 2 rings (SSSR count). The molecule has 0 aliphatic heterocycles. The summed E-state index contributed by atoms with van der Waals surface area (Å²) in [4.78, 5) is 0. The standard InChI is InChI=1S/C12H16O2/c1-3-9-4-7-11(12(8-9)13-2)14-10-5-6-10/h4,7-8,10H,3,5-6H2,1-2H3. The van der Waals surface area contributed by atoms with Gasteiger partial charge >= 0.3 is 0 Å². The summed E-state index contributed by atoms with van der Waals surface area (Å²) in [7, 11) is 1.69. The maximum absolute atomic E-state index is 5.72. The van der Waals surface area contributed by atoms with Gasteiger partial charge in [0.05, 0.1) is 13.2 Å². The molecule has 0 unspecified atom stereocenters. The zero-order chi connectivity index (χ0) is 9.97. The van der Waals surface area contributed by atoms with E-state index in [1.807, 2.05) is 6.07 Å². The minimum atomic E-state index is 0.427. The average Bonchev–Trinajstić information content (AvgIpc) is 3.02. The molecule has 1 aliphatic rings. The van der Waals surface area contributed by atoms with Crippen LogP contribution in [0.1, 0.15) is 25.3 Å². The van der Waals surface area contributed by atoms with Crippen LogP contribution in [0.5, 0.6) is 11.5 Å². The smallest absolute Gasteiger partial charge is 0.161 e. The molecule has 1 aliphatic carbocycles. The van der Waals surface area contributed by atoms with Crippen molar-refractivity contribution < 1.29 is 9.47 Å². The van der Waals surface area contributed by atoms with Crippen LogP contribution in [0.15, 0.2) is 18.2 Å². The van der Waals surface area contributed by atoms with Gasteiger partial charge in [-0.25, -0.2) is 0 Å². The molecule has 1 aromatic carbocycles. The van der Waals surface area contributed by atoms with Crippen molar-refractivity contribution in [3.8, 4) is 11.5 Å². The lowest BCUT2D eigenvalue weighted by molar-refractivity contribution is 0.282. The van der Waals surface area contributed by atoms with Crippen LogP contribution >= 0.6 is 0 Å². The largest absolute Gasteiger partial charge is 0.493 e. The highest BCUT2D eigenvalue weighted by Gasteiger charge is 2.24. The lowest BCUT2D eigenvalue weighted by Gasteiger charge is -2.10. The predicted octanol–water partition coefficient (Wildman–Crippen LogP) is 2.80. The molecule has 0 aromatic heterocycles. The molecule has 0 bridgehead atoms. The molecule has 1 fully saturated rings. The summed E-state index contributed by atoms with van der Waals surface area (Å²) in [5, 5.41) is 0. The fourth-order valence-corrected chi connectivity index (χ4v) is 1.39. The lowest BCUT2D eigenvalue weighted by Crippen LogP contribution is -1.99. The van der Waals surface area contributed by atoms with E-state index < -0.39 is 0 Å². The van der Waals surface area contributed by atoms with E-state index in [9.17, 15) is 0 Å². The van der Waals surface area contributed by atoms with E-state index in [0.717, 1.165) is 17.9 Å². The van der Waals surface area contributed by atoms with E-state index in [-0.39, 0.29) is 0 Å². The number of benzene rings is 1. The Bertz CT molecular complexity index is 316. The van der Waals surface area contributed by atoms with Gasteiger partial charge in [0.2, 0.25) is 0 Å². The Morgan fingerprint density at radius 3 is 2.64 bits per heavy atom. The Morgan fingerprint density at radius 2 is 2.07 bits per heavy atom. The molecule has 1 aromatic rings. The molecule has 0 N–H and O–H groups in total. The molecule has 0 saturated heterocycles. The Balaban J connectivity index is 2.19. The van der Waals surface area contributed by atoms with Crippen LogP contribution in [-0.4, -0.2) is 13.2 Å². The monoisotopic (exact) mass is 192 g/mol. The van der Waals surface area contributed by atoms with Crippen molar-refractivity contribution in [2.75, 3.05) is 7.11 Å². The van der Waals surface area contributed by atoms with Gasteiger partial charge in [-0.2, -0.15) is 0 Å². The second-order valence-corrected chi connectivity index (χ2v) is 3.66. The van der Waals surface area contributed by atoms with E-state index in [1.165, 1.54) is 18.4 Å². The molecule has 76 valence electrons. The first-order chi connectivity index (χ1) is 6.83. The first-order valence-electron chi connectivity index (χ1n) is 5.17. The normalized spacial score (nSPS) is 15.3. The fraction of sp³-hybridized carbons (Fsp3) is 0.500. The van der Waals surface area contributed by atoms with Crippen molar-refractivity contribution >= 4 is 0 Å². The quantitative estimate of drug-likeness (QED) is 0.730. The predicted molar refractivity (Wildman–Crippen MR) is 56.0 cm³/mol. The van der Waals surface area contributed by atoms with Gasteiger partial charge in [-0.05, 0) is 37.0 Å². The highest BCUT2D eigenvalue weighted by Crippen LogP contribution is 2.34. The second kappa shape index (κ2) is 3.91. The molecule has 0 atom stereocenters. The van der Waals surface area contributed by atoms with Crippen molar-refractivity contribution in [1.82, 2.24) is 0 Å². The third kappa shape index (κ3) is 2.00. The van der Waals surface area contributed by atoms with Crippen molar-refractivity contribution in [1.29, 1.82) is 0 Å². The van der Waals surface area contributed by atoms with Crippen LogP contribution in [-0.2, 0) is 6.42 Å². The van der Waals surface area contributed by atoms with E-state index in [4.69, 9.17) is 9.47 Å². The van der Waals surface area contributed by atoms with Crippen LogP contribution in [0, 0.1) is 0 Å². The molecule has 0 spiro atoms. The van der Waals surface area contributed by atoms with Gasteiger partial charge in [0.15, 0.2) is 11.5 Å². The van der Waals surface area contributed by atoms with Crippen LogP contribution < -0.4 is 9.47 Å². The van der Waals surface area contributed by atoms with Gasteiger partial charge in [0, 0.05) is 0 Å². The van der Waals surface area contributed by atoms with E-state index in [2.05, 4.69) is 19.1 Å². The zero-order valence-corrected chi connectivity index (χ0v) is 8.75. The number of ether oxygens (including phenoxy) is 2. The van der Waals surface area contributed by atoms with E-state index in [1.54, 1.807) is 7.11 Å². The molecule has 0 heterocycles. The number of rotatable bonds is 4.